The molecule has 2 aliphatic heterocycles. The molecule has 2 atom stereocenters. The molecule has 1 amide bonds. The van der Waals surface area contributed by atoms with E-state index in [4.69, 9.17) is 4.74 Å². The number of nitrogens with zero attached hydrogens (tertiary/aromatic N) is 4. The van der Waals surface area contributed by atoms with Crippen molar-refractivity contribution in [2.24, 2.45) is 0 Å². The first kappa shape index (κ1) is 19.1. The van der Waals surface area contributed by atoms with Crippen molar-refractivity contribution in [2.45, 2.75) is 51.4 Å². The molecule has 2 aromatic heterocycles. The molecule has 7 heteroatoms. The average Bonchev–Trinajstić information content (AvgIpc) is 3.18. The summed E-state index contributed by atoms with van der Waals surface area (Å²) in [6.45, 7) is 8.26. The number of carbonyl (C=O) groups is 1. The highest BCUT2D eigenvalue weighted by Gasteiger charge is 2.31. The molecule has 28 heavy (non-hydrogen) atoms. The van der Waals surface area contributed by atoms with Gasteiger partial charge in [0.1, 0.15) is 0 Å². The normalized spacial score (nSPS) is 24.4. The van der Waals surface area contributed by atoms with E-state index in [1.165, 1.54) is 5.56 Å². The SMILES string of the molecule is C[C@@H]1CN(C(=O)c2cn[nH]c2C2CCN(Cc3cccnc3)CC2)C[C@H](C)O1. The fourth-order valence-electron chi connectivity index (χ4n) is 4.42. The molecule has 0 spiro atoms. The fourth-order valence-corrected chi connectivity index (χ4v) is 4.42. The van der Waals surface area contributed by atoms with E-state index in [2.05, 4.69) is 26.1 Å². The summed E-state index contributed by atoms with van der Waals surface area (Å²) in [5, 5.41) is 7.34. The van der Waals surface area contributed by atoms with Crippen LogP contribution in [0.1, 0.15) is 54.2 Å². The van der Waals surface area contributed by atoms with E-state index in [9.17, 15) is 4.79 Å². The van der Waals surface area contributed by atoms with Gasteiger partial charge in [-0.05, 0) is 51.4 Å². The van der Waals surface area contributed by atoms with Gasteiger partial charge in [0.2, 0.25) is 0 Å². The lowest BCUT2D eigenvalue weighted by Crippen LogP contribution is -2.48. The van der Waals surface area contributed by atoms with Crippen molar-refractivity contribution >= 4 is 5.91 Å². The number of H-pyrrole nitrogens is 1. The van der Waals surface area contributed by atoms with Crippen LogP contribution >= 0.6 is 0 Å². The quantitative estimate of drug-likeness (QED) is 0.878. The van der Waals surface area contributed by atoms with Gasteiger partial charge in [0, 0.05) is 37.9 Å². The lowest BCUT2D eigenvalue weighted by molar-refractivity contribution is -0.0586. The number of likely N-dealkylation sites (tertiary alicyclic amines) is 1. The van der Waals surface area contributed by atoms with Crippen molar-refractivity contribution < 1.29 is 9.53 Å². The van der Waals surface area contributed by atoms with Crippen LogP contribution in [0.15, 0.2) is 30.7 Å². The molecular formula is C21H29N5O2. The number of ether oxygens (including phenoxy) is 1. The second-order valence-electron chi connectivity index (χ2n) is 8.08. The van der Waals surface area contributed by atoms with Crippen molar-refractivity contribution in [3.8, 4) is 0 Å². The Bertz CT molecular complexity index is 775. The van der Waals surface area contributed by atoms with Gasteiger partial charge in [0.15, 0.2) is 0 Å². The van der Waals surface area contributed by atoms with Gasteiger partial charge < -0.3 is 9.64 Å². The molecule has 2 fully saturated rings. The summed E-state index contributed by atoms with van der Waals surface area (Å²) in [6.07, 6.45) is 7.63. The van der Waals surface area contributed by atoms with E-state index in [1.54, 1.807) is 6.20 Å². The number of aromatic amines is 1. The van der Waals surface area contributed by atoms with E-state index < -0.39 is 0 Å². The van der Waals surface area contributed by atoms with Crippen LogP contribution in [0.2, 0.25) is 0 Å². The van der Waals surface area contributed by atoms with Gasteiger partial charge in [-0.25, -0.2) is 0 Å². The van der Waals surface area contributed by atoms with Crippen molar-refractivity contribution in [2.75, 3.05) is 26.2 Å². The third-order valence-electron chi connectivity index (χ3n) is 5.73. The highest BCUT2D eigenvalue weighted by molar-refractivity contribution is 5.95. The van der Waals surface area contributed by atoms with Gasteiger partial charge >= 0.3 is 0 Å². The maximum Gasteiger partial charge on any atom is 0.257 e. The topological polar surface area (TPSA) is 74.4 Å². The summed E-state index contributed by atoms with van der Waals surface area (Å²) in [7, 11) is 0. The lowest BCUT2D eigenvalue weighted by atomic mass is 9.91. The predicted octanol–water partition coefficient (Wildman–Crippen LogP) is 2.43. The first-order chi connectivity index (χ1) is 13.6. The van der Waals surface area contributed by atoms with E-state index in [0.29, 0.717) is 19.0 Å². The van der Waals surface area contributed by atoms with E-state index in [1.807, 2.05) is 37.2 Å². The van der Waals surface area contributed by atoms with Gasteiger partial charge in [-0.2, -0.15) is 5.10 Å². The van der Waals surface area contributed by atoms with E-state index in [0.717, 1.165) is 43.7 Å². The summed E-state index contributed by atoms with van der Waals surface area (Å²) >= 11 is 0. The Morgan fingerprint density at radius 2 is 1.96 bits per heavy atom. The highest BCUT2D eigenvalue weighted by Crippen LogP contribution is 2.30. The minimum Gasteiger partial charge on any atom is -0.372 e. The van der Waals surface area contributed by atoms with Crippen molar-refractivity contribution in [3.63, 3.8) is 0 Å². The number of piperidine rings is 1. The van der Waals surface area contributed by atoms with Crippen LogP contribution in [-0.4, -0.2) is 69.3 Å². The molecule has 4 heterocycles. The van der Waals surface area contributed by atoms with E-state index >= 15 is 0 Å². The van der Waals surface area contributed by atoms with Crippen LogP contribution in [0.25, 0.3) is 0 Å². The minimum atomic E-state index is 0.0683. The zero-order valence-corrected chi connectivity index (χ0v) is 16.7. The second-order valence-corrected chi connectivity index (χ2v) is 8.08. The Hall–Kier alpha value is -2.25. The molecule has 2 aromatic rings. The van der Waals surface area contributed by atoms with Crippen LogP contribution in [-0.2, 0) is 11.3 Å². The Labute approximate surface area is 166 Å². The summed E-state index contributed by atoms with van der Waals surface area (Å²) in [6, 6.07) is 4.10. The minimum absolute atomic E-state index is 0.0683. The molecule has 0 aromatic carbocycles. The van der Waals surface area contributed by atoms with Crippen molar-refractivity contribution in [3.05, 3.63) is 47.5 Å². The number of carbonyl (C=O) groups excluding carboxylic acids is 1. The van der Waals surface area contributed by atoms with E-state index in [-0.39, 0.29) is 18.1 Å². The number of morpholine rings is 1. The molecule has 7 nitrogen and oxygen atoms in total. The lowest BCUT2D eigenvalue weighted by Gasteiger charge is -2.36. The van der Waals surface area contributed by atoms with Crippen LogP contribution in [0.4, 0.5) is 0 Å². The fraction of sp³-hybridized carbons (Fsp3) is 0.571. The number of hydrogen-bond donors (Lipinski definition) is 1. The molecule has 2 saturated heterocycles. The Morgan fingerprint density at radius 3 is 2.64 bits per heavy atom. The molecule has 150 valence electrons. The monoisotopic (exact) mass is 383 g/mol. The van der Waals surface area contributed by atoms with Crippen LogP contribution in [0.5, 0.6) is 0 Å². The zero-order chi connectivity index (χ0) is 19.5. The number of hydrogen-bond acceptors (Lipinski definition) is 5. The first-order valence-electron chi connectivity index (χ1n) is 10.2. The van der Waals surface area contributed by atoms with Crippen LogP contribution < -0.4 is 0 Å². The molecule has 4 rings (SSSR count). The molecule has 0 radical (unpaired) electrons. The molecule has 1 N–H and O–H groups in total. The van der Waals surface area contributed by atoms with Crippen molar-refractivity contribution in [1.82, 2.24) is 25.0 Å². The highest BCUT2D eigenvalue weighted by atomic mass is 16.5. The van der Waals surface area contributed by atoms with Crippen LogP contribution in [0, 0.1) is 0 Å². The predicted molar refractivity (Wildman–Crippen MR) is 106 cm³/mol. The third-order valence-corrected chi connectivity index (χ3v) is 5.73. The summed E-state index contributed by atoms with van der Waals surface area (Å²) in [4.78, 5) is 21.7. The zero-order valence-electron chi connectivity index (χ0n) is 16.7. The smallest absolute Gasteiger partial charge is 0.257 e. The van der Waals surface area contributed by atoms with Gasteiger partial charge in [0.05, 0.1) is 29.7 Å². The van der Waals surface area contributed by atoms with Gasteiger partial charge in [-0.1, -0.05) is 6.07 Å². The molecule has 0 aliphatic carbocycles. The van der Waals surface area contributed by atoms with Crippen LogP contribution in [0.3, 0.4) is 0 Å². The third kappa shape index (κ3) is 4.25. The molecule has 0 saturated carbocycles. The first-order valence-corrected chi connectivity index (χ1v) is 10.2. The molecule has 0 unspecified atom stereocenters. The average molecular weight is 383 g/mol. The van der Waals surface area contributed by atoms with Gasteiger partial charge in [-0.3, -0.25) is 19.8 Å². The number of aromatic nitrogens is 3. The molecular weight excluding hydrogens is 354 g/mol. The Balaban J connectivity index is 1.39. The maximum atomic E-state index is 13.1. The maximum absolute atomic E-state index is 13.1. The largest absolute Gasteiger partial charge is 0.372 e. The Kier molecular flexibility index (Phi) is 5.73. The number of nitrogens with one attached hydrogen (secondary N) is 1. The second kappa shape index (κ2) is 8.41. The summed E-state index contributed by atoms with van der Waals surface area (Å²) < 4.78 is 5.76. The standard InChI is InChI=1S/C21H29N5O2/c1-15-12-26(13-16(2)28-15)21(27)19-11-23-24-20(19)18-5-8-25(9-6-18)14-17-4-3-7-22-10-17/h3-4,7,10-11,15-16,18H,5-6,8-9,12-14H2,1-2H3,(H,23,24)/t15-,16+. The van der Waals surface area contributed by atoms with Gasteiger partial charge in [0.25, 0.3) is 5.91 Å². The molecule has 2 aliphatic rings. The van der Waals surface area contributed by atoms with Gasteiger partial charge in [-0.15, -0.1) is 0 Å². The number of rotatable bonds is 4. The van der Waals surface area contributed by atoms with Crippen molar-refractivity contribution in [1.29, 1.82) is 0 Å². The summed E-state index contributed by atoms with van der Waals surface area (Å²) in [5.41, 5.74) is 2.97. The number of amides is 1. The number of pyridine rings is 1. The summed E-state index contributed by atoms with van der Waals surface area (Å²) in [5.74, 6) is 0.422. The Morgan fingerprint density at radius 1 is 1.21 bits per heavy atom. The molecule has 0 bridgehead atoms.